The molecule has 6 nitrogen and oxygen atoms in total. The van der Waals surface area contributed by atoms with E-state index in [0.29, 0.717) is 25.4 Å². The number of rotatable bonds is 4. The van der Waals surface area contributed by atoms with E-state index in [9.17, 15) is 8.42 Å². The van der Waals surface area contributed by atoms with E-state index in [-0.39, 0.29) is 17.0 Å². The van der Waals surface area contributed by atoms with Gasteiger partial charge in [-0.05, 0) is 19.4 Å². The van der Waals surface area contributed by atoms with Gasteiger partial charge in [-0.3, -0.25) is 0 Å². The first-order valence-corrected chi connectivity index (χ1v) is 7.93. The second-order valence-corrected chi connectivity index (χ2v) is 6.74. The molecule has 1 aromatic rings. The molecule has 0 radical (unpaired) electrons. The summed E-state index contributed by atoms with van der Waals surface area (Å²) in [6.07, 6.45) is 2.16. The van der Waals surface area contributed by atoms with Crippen molar-refractivity contribution in [2.24, 2.45) is 5.73 Å². The van der Waals surface area contributed by atoms with Crippen molar-refractivity contribution in [1.29, 1.82) is 0 Å². The number of nitrogens with two attached hydrogens (primary N) is 1. The van der Waals surface area contributed by atoms with Crippen molar-refractivity contribution in [2.45, 2.75) is 43.9 Å². The highest BCUT2D eigenvalue weighted by Gasteiger charge is 2.35. The summed E-state index contributed by atoms with van der Waals surface area (Å²) in [7, 11) is -3.48. The van der Waals surface area contributed by atoms with Crippen molar-refractivity contribution in [2.75, 3.05) is 13.2 Å². The quantitative estimate of drug-likeness (QED) is 0.851. The number of nitrogens with zero attached hydrogens (tertiary/aromatic N) is 1. The zero-order valence-electron chi connectivity index (χ0n) is 11.3. The molecule has 0 aromatic carbocycles. The zero-order valence-corrected chi connectivity index (χ0v) is 12.1. The molecule has 1 saturated heterocycles. The van der Waals surface area contributed by atoms with Crippen LogP contribution in [0.3, 0.4) is 0 Å². The summed E-state index contributed by atoms with van der Waals surface area (Å²) in [4.78, 5) is 3.16. The van der Waals surface area contributed by atoms with Gasteiger partial charge in [0.05, 0.1) is 17.6 Å². The lowest BCUT2D eigenvalue weighted by atomic mass is 10.2. The fraction of sp³-hybridized carbons (Fsp3) is 0.667. The van der Waals surface area contributed by atoms with Crippen molar-refractivity contribution in [3.63, 3.8) is 0 Å². The van der Waals surface area contributed by atoms with Crippen LogP contribution in [0, 0.1) is 0 Å². The lowest BCUT2D eigenvalue weighted by Gasteiger charge is -2.36. The normalized spacial score (nSPS) is 25.6. The maximum Gasteiger partial charge on any atom is 0.245 e. The van der Waals surface area contributed by atoms with Crippen molar-refractivity contribution in [3.05, 3.63) is 18.0 Å². The molecular weight excluding hydrogens is 266 g/mol. The maximum absolute atomic E-state index is 12.6. The topological polar surface area (TPSA) is 88.4 Å². The fourth-order valence-corrected chi connectivity index (χ4v) is 4.03. The molecule has 3 N–H and O–H groups in total. The Hall–Kier alpha value is -0.890. The smallest absolute Gasteiger partial charge is 0.245 e. The zero-order chi connectivity index (χ0) is 14.0. The third kappa shape index (κ3) is 2.84. The lowest BCUT2D eigenvalue weighted by Crippen LogP contribution is -2.51. The van der Waals surface area contributed by atoms with E-state index in [1.807, 2.05) is 13.8 Å². The Labute approximate surface area is 114 Å². The number of hydrogen-bond acceptors (Lipinski definition) is 4. The maximum atomic E-state index is 12.6. The summed E-state index contributed by atoms with van der Waals surface area (Å²) in [6.45, 7) is 4.99. The first-order valence-electron chi connectivity index (χ1n) is 6.49. The molecule has 0 amide bonds. The summed E-state index contributed by atoms with van der Waals surface area (Å²) < 4.78 is 32.4. The van der Waals surface area contributed by atoms with E-state index >= 15 is 0 Å². The average molecular weight is 287 g/mol. The highest BCUT2D eigenvalue weighted by atomic mass is 32.2. The minimum atomic E-state index is -3.48. The van der Waals surface area contributed by atoms with Gasteiger partial charge in [0.1, 0.15) is 0 Å². The van der Waals surface area contributed by atoms with Crippen LogP contribution in [-0.4, -0.2) is 43.0 Å². The molecule has 0 saturated carbocycles. The molecule has 108 valence electrons. The van der Waals surface area contributed by atoms with Crippen LogP contribution in [0.4, 0.5) is 0 Å². The Bertz CT molecular complexity index is 526. The van der Waals surface area contributed by atoms with Crippen LogP contribution < -0.4 is 5.73 Å². The Morgan fingerprint density at radius 2 is 2.32 bits per heavy atom. The molecule has 19 heavy (non-hydrogen) atoms. The second-order valence-electron chi connectivity index (χ2n) is 4.85. The predicted molar refractivity (Wildman–Crippen MR) is 72.1 cm³/mol. The molecule has 0 spiro atoms. The van der Waals surface area contributed by atoms with E-state index in [0.717, 1.165) is 6.42 Å². The van der Waals surface area contributed by atoms with Crippen molar-refractivity contribution in [3.8, 4) is 0 Å². The standard InChI is InChI=1S/C12H21N3O3S/c1-3-11-8-18-9(2)7-15(11)19(16,17)12-4-10(5-13)14-6-12/h4,6,9,11,14H,3,5,7-8,13H2,1-2H3. The molecule has 0 aliphatic carbocycles. The van der Waals surface area contributed by atoms with Gasteiger partial charge in [0.25, 0.3) is 0 Å². The molecule has 2 heterocycles. The Balaban J connectivity index is 2.30. The van der Waals surface area contributed by atoms with Gasteiger partial charge in [0, 0.05) is 31.0 Å². The number of H-pyrrole nitrogens is 1. The number of nitrogens with one attached hydrogen (secondary N) is 1. The van der Waals surface area contributed by atoms with Gasteiger partial charge < -0.3 is 15.5 Å². The van der Waals surface area contributed by atoms with Crippen LogP contribution in [0.25, 0.3) is 0 Å². The first-order chi connectivity index (χ1) is 8.98. The number of ether oxygens (including phenoxy) is 1. The molecule has 2 unspecified atom stereocenters. The SMILES string of the molecule is CCC1COC(C)CN1S(=O)(=O)c1c[nH]c(CN)c1. The first kappa shape index (κ1) is 14.5. The van der Waals surface area contributed by atoms with Crippen LogP contribution in [-0.2, 0) is 21.3 Å². The second kappa shape index (κ2) is 5.62. The molecule has 2 rings (SSSR count). The minimum Gasteiger partial charge on any atom is -0.375 e. The molecular formula is C12H21N3O3S. The van der Waals surface area contributed by atoms with E-state index in [1.54, 1.807) is 10.4 Å². The van der Waals surface area contributed by atoms with E-state index in [2.05, 4.69) is 4.98 Å². The minimum absolute atomic E-state index is 0.0782. The monoisotopic (exact) mass is 287 g/mol. The average Bonchev–Trinajstić information content (AvgIpc) is 2.88. The summed E-state index contributed by atoms with van der Waals surface area (Å²) in [5, 5.41) is 0. The number of aromatic nitrogens is 1. The van der Waals surface area contributed by atoms with E-state index in [1.165, 1.54) is 6.20 Å². The summed E-state index contributed by atoms with van der Waals surface area (Å²) >= 11 is 0. The molecule has 0 bridgehead atoms. The van der Waals surface area contributed by atoms with E-state index in [4.69, 9.17) is 10.5 Å². The molecule has 7 heteroatoms. The summed E-state index contributed by atoms with van der Waals surface area (Å²) in [5.41, 5.74) is 6.22. The van der Waals surface area contributed by atoms with Gasteiger partial charge in [-0.15, -0.1) is 0 Å². The highest BCUT2D eigenvalue weighted by molar-refractivity contribution is 7.89. The Morgan fingerprint density at radius 3 is 2.89 bits per heavy atom. The van der Waals surface area contributed by atoms with Crippen LogP contribution >= 0.6 is 0 Å². The van der Waals surface area contributed by atoms with Gasteiger partial charge in [0.2, 0.25) is 10.0 Å². The molecule has 1 aliphatic heterocycles. The van der Waals surface area contributed by atoms with Crippen LogP contribution in [0.1, 0.15) is 26.0 Å². The molecule has 2 atom stereocenters. The van der Waals surface area contributed by atoms with Crippen molar-refractivity contribution < 1.29 is 13.2 Å². The third-order valence-electron chi connectivity index (χ3n) is 3.43. The Kier molecular flexibility index (Phi) is 4.29. The van der Waals surface area contributed by atoms with Gasteiger partial charge >= 0.3 is 0 Å². The third-order valence-corrected chi connectivity index (χ3v) is 5.33. The van der Waals surface area contributed by atoms with Crippen LogP contribution in [0.15, 0.2) is 17.2 Å². The van der Waals surface area contributed by atoms with Gasteiger partial charge in [-0.2, -0.15) is 4.31 Å². The molecule has 1 aliphatic rings. The summed E-state index contributed by atoms with van der Waals surface area (Å²) in [6, 6.07) is 1.50. The van der Waals surface area contributed by atoms with Gasteiger partial charge in [-0.25, -0.2) is 8.42 Å². The van der Waals surface area contributed by atoms with Gasteiger partial charge in [-0.1, -0.05) is 6.92 Å². The number of morpholine rings is 1. The fourth-order valence-electron chi connectivity index (χ4n) is 2.25. The lowest BCUT2D eigenvalue weighted by molar-refractivity contribution is -0.0230. The number of sulfonamides is 1. The van der Waals surface area contributed by atoms with Crippen molar-refractivity contribution >= 4 is 10.0 Å². The number of aromatic amines is 1. The molecule has 1 aromatic heterocycles. The predicted octanol–water partition coefficient (Wildman–Crippen LogP) is 0.661. The van der Waals surface area contributed by atoms with Crippen LogP contribution in [0.2, 0.25) is 0 Å². The Morgan fingerprint density at radius 1 is 1.58 bits per heavy atom. The van der Waals surface area contributed by atoms with Crippen molar-refractivity contribution in [1.82, 2.24) is 9.29 Å². The number of hydrogen-bond donors (Lipinski definition) is 2. The van der Waals surface area contributed by atoms with Gasteiger partial charge in [0.15, 0.2) is 0 Å². The van der Waals surface area contributed by atoms with Crippen LogP contribution in [0.5, 0.6) is 0 Å². The molecule has 1 fully saturated rings. The van der Waals surface area contributed by atoms with E-state index < -0.39 is 10.0 Å². The highest BCUT2D eigenvalue weighted by Crippen LogP contribution is 2.24. The summed E-state index contributed by atoms with van der Waals surface area (Å²) in [5.74, 6) is 0. The largest absolute Gasteiger partial charge is 0.375 e.